The van der Waals surface area contributed by atoms with E-state index in [1.807, 2.05) is 12.3 Å². The van der Waals surface area contributed by atoms with Crippen LogP contribution in [0, 0.1) is 5.41 Å². The van der Waals surface area contributed by atoms with Crippen molar-refractivity contribution in [2.75, 3.05) is 18.0 Å². The maximum absolute atomic E-state index is 6.28. The first-order valence-electron chi connectivity index (χ1n) is 6.75. The standard InChI is InChI=1S/C14H18BrClN2/c15-11-9-12(16)13(17-10-11)18-7-5-14(6-8-18)3-1-2-4-14/h9-10H,1-8H2. The van der Waals surface area contributed by atoms with Crippen LogP contribution in [0.1, 0.15) is 38.5 Å². The van der Waals surface area contributed by atoms with Crippen molar-refractivity contribution in [3.63, 3.8) is 0 Å². The van der Waals surface area contributed by atoms with E-state index in [9.17, 15) is 0 Å². The summed E-state index contributed by atoms with van der Waals surface area (Å²) in [4.78, 5) is 6.81. The van der Waals surface area contributed by atoms with E-state index >= 15 is 0 Å². The molecule has 0 atom stereocenters. The van der Waals surface area contributed by atoms with E-state index in [4.69, 9.17) is 11.6 Å². The van der Waals surface area contributed by atoms with Gasteiger partial charge < -0.3 is 4.90 Å². The summed E-state index contributed by atoms with van der Waals surface area (Å²) >= 11 is 9.68. The van der Waals surface area contributed by atoms with Gasteiger partial charge in [-0.1, -0.05) is 24.4 Å². The second kappa shape index (κ2) is 5.01. The molecule has 1 aliphatic heterocycles. The molecule has 0 amide bonds. The Labute approximate surface area is 122 Å². The molecule has 18 heavy (non-hydrogen) atoms. The van der Waals surface area contributed by atoms with Crippen molar-refractivity contribution in [2.24, 2.45) is 5.41 Å². The van der Waals surface area contributed by atoms with Gasteiger partial charge in [0, 0.05) is 23.8 Å². The molecule has 1 saturated carbocycles. The van der Waals surface area contributed by atoms with Crippen LogP contribution < -0.4 is 4.90 Å². The number of anilines is 1. The third-order valence-electron chi connectivity index (χ3n) is 4.58. The first kappa shape index (κ1) is 12.7. The van der Waals surface area contributed by atoms with Crippen molar-refractivity contribution >= 4 is 33.3 Å². The minimum atomic E-state index is 0.651. The number of hydrogen-bond donors (Lipinski definition) is 0. The van der Waals surface area contributed by atoms with Gasteiger partial charge in [0.05, 0.1) is 5.02 Å². The molecule has 0 N–H and O–H groups in total. The molecule has 2 fully saturated rings. The number of pyridine rings is 1. The van der Waals surface area contributed by atoms with E-state index in [0.717, 1.165) is 28.4 Å². The van der Waals surface area contributed by atoms with Crippen LogP contribution in [-0.4, -0.2) is 18.1 Å². The molecule has 0 aromatic carbocycles. The Morgan fingerprint density at radius 1 is 1.17 bits per heavy atom. The quantitative estimate of drug-likeness (QED) is 0.745. The Kier molecular flexibility index (Phi) is 3.55. The van der Waals surface area contributed by atoms with Crippen LogP contribution in [0.4, 0.5) is 5.82 Å². The zero-order chi connectivity index (χ0) is 12.6. The number of nitrogens with zero attached hydrogens (tertiary/aromatic N) is 2. The molecule has 2 aliphatic rings. The van der Waals surface area contributed by atoms with E-state index in [1.165, 1.54) is 38.5 Å². The molecule has 1 aromatic rings. The Balaban J connectivity index is 1.72. The summed E-state index contributed by atoms with van der Waals surface area (Å²) in [5.74, 6) is 0.952. The second-order valence-corrected chi connectivity index (χ2v) is 6.98. The molecule has 2 heterocycles. The van der Waals surface area contributed by atoms with E-state index < -0.39 is 0 Å². The van der Waals surface area contributed by atoms with Crippen LogP contribution in [0.5, 0.6) is 0 Å². The third-order valence-corrected chi connectivity index (χ3v) is 5.29. The van der Waals surface area contributed by atoms with Gasteiger partial charge in [0.25, 0.3) is 0 Å². The highest BCUT2D eigenvalue weighted by Gasteiger charge is 2.37. The summed E-state index contributed by atoms with van der Waals surface area (Å²) in [5, 5.41) is 0.756. The zero-order valence-corrected chi connectivity index (χ0v) is 12.8. The van der Waals surface area contributed by atoms with Crippen molar-refractivity contribution < 1.29 is 0 Å². The van der Waals surface area contributed by atoms with Crippen LogP contribution in [0.3, 0.4) is 0 Å². The maximum Gasteiger partial charge on any atom is 0.147 e. The van der Waals surface area contributed by atoms with Gasteiger partial charge in [0.15, 0.2) is 0 Å². The Hall–Kier alpha value is -0.280. The average Bonchev–Trinajstić information content (AvgIpc) is 2.80. The third kappa shape index (κ3) is 2.39. The lowest BCUT2D eigenvalue weighted by atomic mass is 9.77. The van der Waals surface area contributed by atoms with Crippen molar-refractivity contribution in [3.8, 4) is 0 Å². The SMILES string of the molecule is Clc1cc(Br)cnc1N1CCC2(CCCC2)CC1. The number of halogens is 2. The summed E-state index contributed by atoms with van der Waals surface area (Å²) < 4.78 is 0.945. The predicted octanol–water partition coefficient (Wildman–Crippen LogP) is 4.66. The highest BCUT2D eigenvalue weighted by Crippen LogP contribution is 2.46. The molecule has 3 rings (SSSR count). The molecule has 4 heteroatoms. The minimum absolute atomic E-state index is 0.651. The number of aromatic nitrogens is 1. The summed E-state index contributed by atoms with van der Waals surface area (Å²) in [5.41, 5.74) is 0.651. The Bertz CT molecular complexity index is 433. The molecule has 1 aromatic heterocycles. The molecule has 98 valence electrons. The lowest BCUT2D eigenvalue weighted by Crippen LogP contribution is -2.39. The maximum atomic E-state index is 6.28. The van der Waals surface area contributed by atoms with E-state index in [-0.39, 0.29) is 0 Å². The van der Waals surface area contributed by atoms with E-state index in [1.54, 1.807) is 0 Å². The van der Waals surface area contributed by atoms with Gasteiger partial charge in [0.2, 0.25) is 0 Å². The molecular formula is C14H18BrClN2. The first-order chi connectivity index (χ1) is 8.69. The van der Waals surface area contributed by atoms with Crippen LogP contribution in [0.25, 0.3) is 0 Å². The summed E-state index contributed by atoms with van der Waals surface area (Å²) in [7, 11) is 0. The highest BCUT2D eigenvalue weighted by molar-refractivity contribution is 9.10. The smallest absolute Gasteiger partial charge is 0.147 e. The normalized spacial score (nSPS) is 22.7. The van der Waals surface area contributed by atoms with Crippen molar-refractivity contribution in [2.45, 2.75) is 38.5 Å². The summed E-state index contributed by atoms with van der Waals surface area (Å²) in [6.45, 7) is 2.21. The molecule has 2 nitrogen and oxygen atoms in total. The molecule has 0 unspecified atom stereocenters. The largest absolute Gasteiger partial charge is 0.355 e. The lowest BCUT2D eigenvalue weighted by molar-refractivity contribution is 0.226. The molecular weight excluding hydrogens is 312 g/mol. The second-order valence-electron chi connectivity index (χ2n) is 5.65. The molecule has 1 spiro atoms. The zero-order valence-electron chi connectivity index (χ0n) is 10.5. The van der Waals surface area contributed by atoms with Gasteiger partial charge in [-0.3, -0.25) is 0 Å². The van der Waals surface area contributed by atoms with E-state index in [0.29, 0.717) is 5.41 Å². The summed E-state index contributed by atoms with van der Waals surface area (Å²) in [6.07, 6.45) is 10.2. The monoisotopic (exact) mass is 328 g/mol. The lowest BCUT2D eigenvalue weighted by Gasteiger charge is -2.40. The van der Waals surface area contributed by atoms with Crippen molar-refractivity contribution in [3.05, 3.63) is 21.8 Å². The average molecular weight is 330 g/mol. The fourth-order valence-corrected chi connectivity index (χ4v) is 4.21. The van der Waals surface area contributed by atoms with Gasteiger partial charge >= 0.3 is 0 Å². The first-order valence-corrected chi connectivity index (χ1v) is 7.92. The van der Waals surface area contributed by atoms with Crippen molar-refractivity contribution in [1.82, 2.24) is 4.98 Å². The number of rotatable bonds is 1. The van der Waals surface area contributed by atoms with Gasteiger partial charge in [-0.05, 0) is 53.1 Å². The Morgan fingerprint density at radius 2 is 1.83 bits per heavy atom. The summed E-state index contributed by atoms with van der Waals surface area (Å²) in [6, 6.07) is 1.93. The van der Waals surface area contributed by atoms with Crippen LogP contribution in [0.15, 0.2) is 16.7 Å². The number of hydrogen-bond acceptors (Lipinski definition) is 2. The van der Waals surface area contributed by atoms with E-state index in [2.05, 4.69) is 25.8 Å². The van der Waals surface area contributed by atoms with Crippen LogP contribution in [-0.2, 0) is 0 Å². The molecule has 0 radical (unpaired) electrons. The minimum Gasteiger partial charge on any atom is -0.355 e. The number of piperidine rings is 1. The fraction of sp³-hybridized carbons (Fsp3) is 0.643. The van der Waals surface area contributed by atoms with Gasteiger partial charge in [-0.2, -0.15) is 0 Å². The molecule has 0 bridgehead atoms. The predicted molar refractivity (Wildman–Crippen MR) is 79.3 cm³/mol. The molecule has 1 aliphatic carbocycles. The highest BCUT2D eigenvalue weighted by atomic mass is 79.9. The van der Waals surface area contributed by atoms with Crippen LogP contribution >= 0.6 is 27.5 Å². The van der Waals surface area contributed by atoms with Gasteiger partial charge in [0.1, 0.15) is 5.82 Å². The van der Waals surface area contributed by atoms with Crippen molar-refractivity contribution in [1.29, 1.82) is 0 Å². The Morgan fingerprint density at radius 3 is 2.44 bits per heavy atom. The van der Waals surface area contributed by atoms with Gasteiger partial charge in [-0.25, -0.2) is 4.98 Å². The topological polar surface area (TPSA) is 16.1 Å². The molecule has 1 saturated heterocycles. The fourth-order valence-electron chi connectivity index (χ4n) is 3.46. The van der Waals surface area contributed by atoms with Crippen LogP contribution in [0.2, 0.25) is 5.02 Å². The van der Waals surface area contributed by atoms with Gasteiger partial charge in [-0.15, -0.1) is 0 Å².